The van der Waals surface area contributed by atoms with E-state index in [1.165, 1.54) is 17.2 Å². The molecule has 1 aromatic rings. The Balaban J connectivity index is 1.48. The van der Waals surface area contributed by atoms with Crippen molar-refractivity contribution in [1.29, 1.82) is 0 Å². The molecule has 0 radical (unpaired) electrons. The Bertz CT molecular complexity index is 1120. The highest BCUT2D eigenvalue weighted by molar-refractivity contribution is 6.38. The summed E-state index contributed by atoms with van der Waals surface area (Å²) in [4.78, 5) is 67.2. The van der Waals surface area contributed by atoms with Gasteiger partial charge in [0.15, 0.2) is 0 Å². The summed E-state index contributed by atoms with van der Waals surface area (Å²) in [6.07, 6.45) is 8.77. The summed E-state index contributed by atoms with van der Waals surface area (Å²) in [5.41, 5.74) is 2.33. The second kappa shape index (κ2) is 14.3. The zero-order valence-corrected chi connectivity index (χ0v) is 24.0. The molecule has 3 aliphatic rings. The summed E-state index contributed by atoms with van der Waals surface area (Å²) >= 11 is 0. The third-order valence-electron chi connectivity index (χ3n) is 8.48. The van der Waals surface area contributed by atoms with Gasteiger partial charge in [0, 0.05) is 19.1 Å². The van der Waals surface area contributed by atoms with Crippen molar-refractivity contribution in [2.24, 2.45) is 5.92 Å². The molecule has 222 valence electrons. The molecule has 0 aromatic heterocycles. The van der Waals surface area contributed by atoms with Gasteiger partial charge in [-0.1, -0.05) is 56.5 Å². The van der Waals surface area contributed by atoms with Crippen LogP contribution in [-0.2, 0) is 32.0 Å². The number of amides is 5. The smallest absolute Gasteiger partial charge is 0.315 e. The average Bonchev–Trinajstić information content (AvgIpc) is 3.74. The number of ketones is 1. The maximum atomic E-state index is 14.1. The quantitative estimate of drug-likeness (QED) is 0.227. The maximum Gasteiger partial charge on any atom is 0.315 e. The van der Waals surface area contributed by atoms with Crippen LogP contribution in [0.2, 0.25) is 0 Å². The third-order valence-corrected chi connectivity index (χ3v) is 8.48. The number of Topliss-reactive ketones (excluding diaryl/α,β-unsaturated/α-hetero) is 1. The van der Waals surface area contributed by atoms with Gasteiger partial charge in [0.05, 0.1) is 6.04 Å². The SMILES string of the molecule is C=CCNC(=O)C(=O)C(CCC)NC(=O)[C@@H]1CCCN1C(=O)[C@@H](NC(=O)NC1CCCC1)C1Cc2ccccc2C1. The molecule has 3 atom stereocenters. The highest BCUT2D eigenvalue weighted by atomic mass is 16.2. The van der Waals surface area contributed by atoms with E-state index in [2.05, 4.69) is 40.0 Å². The molecule has 5 amide bonds. The van der Waals surface area contributed by atoms with Crippen LogP contribution in [-0.4, -0.2) is 71.7 Å². The summed E-state index contributed by atoms with van der Waals surface area (Å²) in [6, 6.07) is 5.25. The van der Waals surface area contributed by atoms with Gasteiger partial charge in [-0.25, -0.2) is 4.79 Å². The third kappa shape index (κ3) is 7.54. The Labute approximate surface area is 242 Å². The lowest BCUT2D eigenvalue weighted by Crippen LogP contribution is -2.59. The maximum absolute atomic E-state index is 14.1. The Hall–Kier alpha value is -3.69. The highest BCUT2D eigenvalue weighted by Crippen LogP contribution is 2.31. The van der Waals surface area contributed by atoms with Gasteiger partial charge in [0.25, 0.3) is 5.91 Å². The number of urea groups is 1. The van der Waals surface area contributed by atoms with Gasteiger partial charge >= 0.3 is 6.03 Å². The largest absolute Gasteiger partial charge is 0.346 e. The normalized spacial score (nSPS) is 20.1. The molecule has 41 heavy (non-hydrogen) atoms. The standard InChI is InChI=1S/C31H43N5O5/c1-3-10-24(27(37)29(39)32-16-4-2)34-28(38)25-15-9-17-36(25)30(40)26(35-31(41)33-23-13-7-8-14-23)22-18-20-11-5-6-12-21(20)19-22/h4-6,11-12,22-26H,2-3,7-10,13-19H2,1H3,(H,32,39)(H,34,38)(H2,33,35,41)/t24?,25-,26-/m0/s1. The monoisotopic (exact) mass is 565 g/mol. The molecule has 1 heterocycles. The Kier molecular flexibility index (Phi) is 10.5. The van der Waals surface area contributed by atoms with Crippen LogP contribution in [0.1, 0.15) is 69.4 Å². The first kappa shape index (κ1) is 30.3. The summed E-state index contributed by atoms with van der Waals surface area (Å²) in [5, 5.41) is 11.2. The van der Waals surface area contributed by atoms with E-state index in [4.69, 9.17) is 0 Å². The number of likely N-dealkylation sites (tertiary alicyclic amines) is 1. The molecule has 0 bridgehead atoms. The number of hydrogen-bond donors (Lipinski definition) is 4. The fourth-order valence-corrected chi connectivity index (χ4v) is 6.37. The predicted octanol–water partition coefficient (Wildman–Crippen LogP) is 2.16. The first-order valence-corrected chi connectivity index (χ1v) is 15.0. The van der Waals surface area contributed by atoms with Crippen molar-refractivity contribution in [3.8, 4) is 0 Å². The molecule has 2 fully saturated rings. The van der Waals surface area contributed by atoms with Crippen molar-refractivity contribution in [3.63, 3.8) is 0 Å². The average molecular weight is 566 g/mol. The molecular weight excluding hydrogens is 522 g/mol. The van der Waals surface area contributed by atoms with Gasteiger partial charge in [-0.05, 0) is 62.0 Å². The van der Waals surface area contributed by atoms with E-state index >= 15 is 0 Å². The minimum absolute atomic E-state index is 0.105. The van der Waals surface area contributed by atoms with Gasteiger partial charge in [-0.15, -0.1) is 6.58 Å². The first-order valence-electron chi connectivity index (χ1n) is 15.0. The molecule has 1 aromatic carbocycles. The van der Waals surface area contributed by atoms with Crippen LogP contribution in [0.15, 0.2) is 36.9 Å². The number of hydrogen-bond acceptors (Lipinski definition) is 5. The molecule has 1 unspecified atom stereocenters. The van der Waals surface area contributed by atoms with E-state index < -0.39 is 35.7 Å². The van der Waals surface area contributed by atoms with E-state index in [1.54, 1.807) is 4.90 Å². The first-order chi connectivity index (χ1) is 19.8. The summed E-state index contributed by atoms with van der Waals surface area (Å²) in [6.45, 7) is 5.93. The van der Waals surface area contributed by atoms with Gasteiger partial charge in [0.1, 0.15) is 12.1 Å². The van der Waals surface area contributed by atoms with E-state index in [0.29, 0.717) is 45.1 Å². The lowest BCUT2D eigenvalue weighted by Gasteiger charge is -2.32. The van der Waals surface area contributed by atoms with E-state index in [-0.39, 0.29) is 30.4 Å². The van der Waals surface area contributed by atoms with Crippen LogP contribution in [0.4, 0.5) is 4.79 Å². The van der Waals surface area contributed by atoms with Crippen LogP contribution < -0.4 is 21.3 Å². The fourth-order valence-electron chi connectivity index (χ4n) is 6.37. The van der Waals surface area contributed by atoms with Gasteiger partial charge in [0.2, 0.25) is 17.6 Å². The highest BCUT2D eigenvalue weighted by Gasteiger charge is 2.43. The van der Waals surface area contributed by atoms with E-state index in [9.17, 15) is 24.0 Å². The molecule has 10 nitrogen and oxygen atoms in total. The molecule has 0 spiro atoms. The number of fused-ring (bicyclic) bond motifs is 1. The van der Waals surface area contributed by atoms with Gasteiger partial charge in [-0.2, -0.15) is 0 Å². The van der Waals surface area contributed by atoms with Crippen molar-refractivity contribution >= 4 is 29.5 Å². The Morgan fingerprint density at radius 3 is 2.32 bits per heavy atom. The molecule has 4 N–H and O–H groups in total. The van der Waals surface area contributed by atoms with Gasteiger partial charge in [-0.3, -0.25) is 19.2 Å². The van der Waals surface area contributed by atoms with Crippen molar-refractivity contribution in [3.05, 3.63) is 48.0 Å². The minimum atomic E-state index is -0.981. The molecule has 1 aliphatic heterocycles. The lowest BCUT2D eigenvalue weighted by atomic mass is 9.94. The second-order valence-electron chi connectivity index (χ2n) is 11.4. The fraction of sp³-hybridized carbons (Fsp3) is 0.581. The van der Waals surface area contributed by atoms with Gasteiger partial charge < -0.3 is 26.2 Å². The van der Waals surface area contributed by atoms with Crippen LogP contribution in [0.3, 0.4) is 0 Å². The van der Waals surface area contributed by atoms with E-state index in [1.807, 2.05) is 19.1 Å². The summed E-state index contributed by atoms with van der Waals surface area (Å²) < 4.78 is 0. The lowest BCUT2D eigenvalue weighted by molar-refractivity contribution is -0.143. The topological polar surface area (TPSA) is 137 Å². The molecule has 10 heteroatoms. The molecule has 4 rings (SSSR count). The van der Waals surface area contributed by atoms with Crippen molar-refractivity contribution in [2.45, 2.75) is 95.3 Å². The molecular formula is C31H43N5O5. The van der Waals surface area contributed by atoms with Crippen LogP contribution in [0, 0.1) is 5.92 Å². The van der Waals surface area contributed by atoms with E-state index in [0.717, 1.165) is 25.7 Å². The Morgan fingerprint density at radius 1 is 1.00 bits per heavy atom. The van der Waals surface area contributed by atoms with Crippen molar-refractivity contribution < 1.29 is 24.0 Å². The second-order valence-corrected chi connectivity index (χ2v) is 11.4. The molecule has 2 aliphatic carbocycles. The number of nitrogens with zero attached hydrogens (tertiary/aromatic N) is 1. The number of benzene rings is 1. The van der Waals surface area contributed by atoms with Crippen LogP contribution in [0.25, 0.3) is 0 Å². The zero-order chi connectivity index (χ0) is 29.4. The number of carbonyl (C=O) groups excluding carboxylic acids is 5. The summed E-state index contributed by atoms with van der Waals surface area (Å²) in [5.74, 6) is -2.38. The van der Waals surface area contributed by atoms with Crippen molar-refractivity contribution in [2.75, 3.05) is 13.1 Å². The molecule has 1 saturated heterocycles. The van der Waals surface area contributed by atoms with Crippen LogP contribution in [0.5, 0.6) is 0 Å². The molecule has 1 saturated carbocycles. The number of carbonyl (C=O) groups is 5. The minimum Gasteiger partial charge on any atom is -0.346 e. The van der Waals surface area contributed by atoms with Crippen LogP contribution >= 0.6 is 0 Å². The predicted molar refractivity (Wildman–Crippen MR) is 155 cm³/mol. The summed E-state index contributed by atoms with van der Waals surface area (Å²) in [7, 11) is 0. The number of rotatable bonds is 12. The Morgan fingerprint density at radius 2 is 1.68 bits per heavy atom. The number of nitrogens with one attached hydrogen (secondary N) is 4. The van der Waals surface area contributed by atoms with Crippen molar-refractivity contribution in [1.82, 2.24) is 26.2 Å². The zero-order valence-electron chi connectivity index (χ0n) is 24.0.